The number of nitro benzene ring substituents is 1. The van der Waals surface area contributed by atoms with Crippen LogP contribution in [0.2, 0.25) is 0 Å². The van der Waals surface area contributed by atoms with E-state index >= 15 is 0 Å². The molecule has 5 rings (SSSR count). The molecule has 0 saturated heterocycles. The third-order valence-corrected chi connectivity index (χ3v) is 7.25. The number of hydrogen-bond donors (Lipinski definition) is 1. The van der Waals surface area contributed by atoms with Crippen LogP contribution in [0.5, 0.6) is 0 Å². The van der Waals surface area contributed by atoms with Crippen molar-refractivity contribution >= 4 is 22.6 Å². The van der Waals surface area contributed by atoms with Crippen LogP contribution < -0.4 is 5.32 Å². The molecule has 1 aliphatic carbocycles. The Morgan fingerprint density at radius 3 is 2.26 bits per heavy atom. The number of carbonyl (C=O) groups excluding carboxylic acids is 1. The minimum absolute atomic E-state index is 0.0271. The lowest BCUT2D eigenvalue weighted by Gasteiger charge is -2.31. The number of imidazole rings is 1. The number of unbranched alkanes of at least 4 members (excludes halogenated alkanes) is 1. The first kappa shape index (κ1) is 25.4. The zero-order valence-corrected chi connectivity index (χ0v) is 20.6. The highest BCUT2D eigenvalue weighted by Gasteiger charge is 2.49. The van der Waals surface area contributed by atoms with Crippen LogP contribution in [-0.2, 0) is 16.8 Å². The number of benzene rings is 3. The monoisotopic (exact) mass is 522 g/mol. The van der Waals surface area contributed by atoms with Crippen molar-refractivity contribution in [2.75, 3.05) is 6.54 Å². The summed E-state index contributed by atoms with van der Waals surface area (Å²) >= 11 is 0. The second-order valence-corrected chi connectivity index (χ2v) is 9.55. The Balaban J connectivity index is 1.43. The maximum absolute atomic E-state index is 13.6. The first-order valence-corrected chi connectivity index (χ1v) is 12.3. The van der Waals surface area contributed by atoms with Crippen LogP contribution in [0.1, 0.15) is 36.0 Å². The first-order valence-electron chi connectivity index (χ1n) is 12.3. The third-order valence-electron chi connectivity index (χ3n) is 7.25. The van der Waals surface area contributed by atoms with Gasteiger partial charge in [-0.25, -0.2) is 4.98 Å². The summed E-state index contributed by atoms with van der Waals surface area (Å²) in [5.74, 6) is -0.675. The number of rotatable bonds is 8. The number of carbonyl (C=O) groups is 1. The van der Waals surface area contributed by atoms with Crippen LogP contribution >= 0.6 is 0 Å². The Kier molecular flexibility index (Phi) is 6.42. The predicted molar refractivity (Wildman–Crippen MR) is 137 cm³/mol. The zero-order valence-electron chi connectivity index (χ0n) is 20.6. The molecule has 1 aliphatic rings. The average Bonchev–Trinajstić information content (AvgIpc) is 3.42. The number of aryl methyl sites for hydroxylation is 2. The highest BCUT2D eigenvalue weighted by Crippen LogP contribution is 2.51. The van der Waals surface area contributed by atoms with Crippen LogP contribution in [0.3, 0.4) is 0 Å². The molecule has 0 aliphatic heterocycles. The van der Waals surface area contributed by atoms with Crippen LogP contribution in [0.4, 0.5) is 18.9 Å². The zero-order chi connectivity index (χ0) is 27.1. The van der Waals surface area contributed by atoms with Gasteiger partial charge in [-0.1, -0.05) is 54.6 Å². The molecule has 1 aromatic heterocycles. The van der Waals surface area contributed by atoms with E-state index < -0.39 is 29.0 Å². The quantitative estimate of drug-likeness (QED) is 0.173. The molecular weight excluding hydrogens is 497 g/mol. The Hall–Kier alpha value is -4.21. The molecule has 196 valence electrons. The van der Waals surface area contributed by atoms with Gasteiger partial charge in [0.2, 0.25) is 5.91 Å². The number of halogens is 3. The van der Waals surface area contributed by atoms with Gasteiger partial charge < -0.3 is 9.88 Å². The molecule has 1 heterocycles. The fourth-order valence-corrected chi connectivity index (χ4v) is 5.58. The summed E-state index contributed by atoms with van der Waals surface area (Å²) in [6, 6.07) is 18.2. The molecule has 0 radical (unpaired) electrons. The topological polar surface area (TPSA) is 90.1 Å². The molecule has 4 aromatic rings. The number of nitro groups is 1. The Morgan fingerprint density at radius 1 is 1.03 bits per heavy atom. The van der Waals surface area contributed by atoms with Crippen molar-refractivity contribution in [1.82, 2.24) is 14.9 Å². The molecule has 0 fully saturated rings. The molecule has 0 saturated carbocycles. The first-order chi connectivity index (χ1) is 18.1. The van der Waals surface area contributed by atoms with Gasteiger partial charge in [0.1, 0.15) is 12.0 Å². The van der Waals surface area contributed by atoms with Gasteiger partial charge in [0.05, 0.1) is 16.8 Å². The average molecular weight is 523 g/mol. The summed E-state index contributed by atoms with van der Waals surface area (Å²) in [6.07, 6.45) is -1.56. The maximum atomic E-state index is 13.6. The van der Waals surface area contributed by atoms with Gasteiger partial charge in [-0.15, -0.1) is 0 Å². The lowest BCUT2D eigenvalue weighted by atomic mass is 9.73. The van der Waals surface area contributed by atoms with Crippen LogP contribution in [0.25, 0.3) is 22.2 Å². The number of aromatic nitrogens is 2. The number of nitrogens with zero attached hydrogens (tertiary/aromatic N) is 3. The molecule has 1 N–H and O–H groups in total. The van der Waals surface area contributed by atoms with Crippen LogP contribution in [-0.4, -0.2) is 33.1 Å². The summed E-state index contributed by atoms with van der Waals surface area (Å²) in [5.41, 5.74) is 3.26. The Bertz CT molecular complexity index is 1500. The van der Waals surface area contributed by atoms with E-state index in [0.29, 0.717) is 53.5 Å². The summed E-state index contributed by atoms with van der Waals surface area (Å²) in [4.78, 5) is 28.9. The smallest absolute Gasteiger partial charge is 0.346 e. The van der Waals surface area contributed by atoms with Crippen molar-refractivity contribution < 1.29 is 22.9 Å². The molecule has 3 aromatic carbocycles. The van der Waals surface area contributed by atoms with E-state index in [0.717, 1.165) is 11.1 Å². The van der Waals surface area contributed by atoms with Gasteiger partial charge in [-0.2, -0.15) is 13.2 Å². The molecule has 7 nitrogen and oxygen atoms in total. The van der Waals surface area contributed by atoms with Gasteiger partial charge in [0, 0.05) is 12.1 Å². The number of alkyl halides is 3. The number of fused-ring (bicyclic) bond motifs is 4. The summed E-state index contributed by atoms with van der Waals surface area (Å²) in [5, 5.41) is 13.7. The van der Waals surface area contributed by atoms with E-state index in [-0.39, 0.29) is 5.69 Å². The Morgan fingerprint density at radius 2 is 1.66 bits per heavy atom. The molecule has 0 bridgehead atoms. The van der Waals surface area contributed by atoms with E-state index in [1.807, 2.05) is 41.0 Å². The maximum Gasteiger partial charge on any atom is 0.405 e. The summed E-state index contributed by atoms with van der Waals surface area (Å²) in [6.45, 7) is 0.745. The molecule has 10 heteroatoms. The number of nitrogens with one attached hydrogen (secondary N) is 1. The van der Waals surface area contributed by atoms with E-state index in [2.05, 4.69) is 10.3 Å². The second-order valence-electron chi connectivity index (χ2n) is 9.55. The minimum atomic E-state index is -4.53. The highest BCUT2D eigenvalue weighted by molar-refractivity contribution is 6.00. The van der Waals surface area contributed by atoms with Crippen LogP contribution in [0.15, 0.2) is 67.0 Å². The number of amides is 1. The van der Waals surface area contributed by atoms with Crippen molar-refractivity contribution in [3.05, 3.63) is 93.8 Å². The molecule has 0 spiro atoms. The lowest BCUT2D eigenvalue weighted by molar-refractivity contribution is -0.383. The SMILES string of the molecule is Cc1ccc2c(ncn2CCCCC2(C(=O)NCC(F)(F)F)c3ccccc3-c3ccccc32)c1[N+](=O)[O-]. The third kappa shape index (κ3) is 4.29. The van der Waals surface area contributed by atoms with Crippen molar-refractivity contribution in [2.24, 2.45) is 0 Å². The molecule has 0 unspecified atom stereocenters. The van der Waals surface area contributed by atoms with E-state index in [9.17, 15) is 28.1 Å². The Labute approximate surface area is 216 Å². The van der Waals surface area contributed by atoms with Crippen LogP contribution in [0, 0.1) is 17.0 Å². The van der Waals surface area contributed by atoms with E-state index in [1.54, 1.807) is 37.5 Å². The van der Waals surface area contributed by atoms with Gasteiger partial charge in [-0.05, 0) is 54.5 Å². The largest absolute Gasteiger partial charge is 0.405 e. The fourth-order valence-electron chi connectivity index (χ4n) is 5.58. The summed E-state index contributed by atoms with van der Waals surface area (Å²) < 4.78 is 41.0. The van der Waals surface area contributed by atoms with Gasteiger partial charge in [0.15, 0.2) is 5.52 Å². The normalized spacial score (nSPS) is 13.8. The van der Waals surface area contributed by atoms with Crippen molar-refractivity contribution in [3.63, 3.8) is 0 Å². The molecular formula is C28H25F3N4O3. The predicted octanol–water partition coefficient (Wildman–Crippen LogP) is 6.07. The molecule has 1 amide bonds. The standard InChI is InChI=1S/C28H25F3N4O3/c1-18-12-13-23-24(25(18)35(37)38)33-17-34(23)15-7-6-14-27(26(36)32-16-28(29,30)31)21-10-4-2-8-19(21)20-9-3-5-11-22(20)27/h2-5,8-13,17H,6-7,14-16H2,1H3,(H,32,36). The van der Waals surface area contributed by atoms with Crippen molar-refractivity contribution in [3.8, 4) is 11.1 Å². The van der Waals surface area contributed by atoms with Gasteiger partial charge in [-0.3, -0.25) is 14.9 Å². The second kappa shape index (κ2) is 9.59. The fraction of sp³-hybridized carbons (Fsp3) is 0.286. The lowest BCUT2D eigenvalue weighted by Crippen LogP contribution is -2.47. The van der Waals surface area contributed by atoms with E-state index in [4.69, 9.17) is 0 Å². The van der Waals surface area contributed by atoms with Crippen molar-refractivity contribution in [1.29, 1.82) is 0 Å². The van der Waals surface area contributed by atoms with E-state index in [1.165, 1.54) is 0 Å². The van der Waals surface area contributed by atoms with Gasteiger partial charge in [0.25, 0.3) is 5.69 Å². The van der Waals surface area contributed by atoms with Crippen molar-refractivity contribution in [2.45, 2.75) is 44.3 Å². The molecule has 0 atom stereocenters. The van der Waals surface area contributed by atoms with Gasteiger partial charge >= 0.3 is 6.18 Å². The minimum Gasteiger partial charge on any atom is -0.346 e. The number of hydrogen-bond acceptors (Lipinski definition) is 4. The molecule has 38 heavy (non-hydrogen) atoms. The summed E-state index contributed by atoms with van der Waals surface area (Å²) in [7, 11) is 0. The highest BCUT2D eigenvalue weighted by atomic mass is 19.4.